The number of nitrogens with zero attached hydrogens (tertiary/aromatic N) is 1. The summed E-state index contributed by atoms with van der Waals surface area (Å²) in [6.45, 7) is 13.0. The van der Waals surface area contributed by atoms with E-state index in [0.29, 0.717) is 0 Å². The van der Waals surface area contributed by atoms with Gasteiger partial charge in [0.05, 0.1) is 6.61 Å². The zero-order valence-electron chi connectivity index (χ0n) is 20.5. The predicted octanol–water partition coefficient (Wildman–Crippen LogP) is 6.49. The number of hydrogen-bond acceptors (Lipinski definition) is 4. The van der Waals surface area contributed by atoms with Gasteiger partial charge < -0.3 is 14.9 Å². The fourth-order valence-corrected chi connectivity index (χ4v) is 3.47. The van der Waals surface area contributed by atoms with Gasteiger partial charge in [-0.2, -0.15) is 0 Å². The molecule has 0 bridgehead atoms. The van der Waals surface area contributed by atoms with E-state index in [1.165, 1.54) is 64.2 Å². The molecule has 7 heteroatoms. The second-order valence-electron chi connectivity index (χ2n) is 8.71. The Balaban J connectivity index is 0. The summed E-state index contributed by atoms with van der Waals surface area (Å²) in [5.74, 6) is 0.819. The quantitative estimate of drug-likeness (QED) is 0.118. The summed E-state index contributed by atoms with van der Waals surface area (Å²) < 4.78 is 14.8. The molecule has 0 amide bonds. The van der Waals surface area contributed by atoms with Gasteiger partial charge in [0, 0.05) is 13.1 Å². The molecule has 0 saturated carbocycles. The zero-order valence-corrected chi connectivity index (χ0v) is 21.4. The van der Waals surface area contributed by atoms with E-state index in [4.69, 9.17) is 9.79 Å². The van der Waals surface area contributed by atoms with Crippen molar-refractivity contribution in [3.8, 4) is 0 Å². The lowest BCUT2D eigenvalue weighted by Gasteiger charge is -2.24. The van der Waals surface area contributed by atoms with Crippen molar-refractivity contribution in [2.24, 2.45) is 5.92 Å². The molecular formula is C23H52NO5P. The van der Waals surface area contributed by atoms with Crippen LogP contribution in [0.5, 0.6) is 0 Å². The summed E-state index contributed by atoms with van der Waals surface area (Å²) in [6, 6.07) is 0. The predicted molar refractivity (Wildman–Crippen MR) is 127 cm³/mol. The second kappa shape index (κ2) is 22.2. The van der Waals surface area contributed by atoms with Gasteiger partial charge in [-0.25, -0.2) is 4.57 Å². The second-order valence-corrected chi connectivity index (χ2v) is 9.95. The summed E-state index contributed by atoms with van der Waals surface area (Å²) in [4.78, 5) is 19.1. The van der Waals surface area contributed by atoms with E-state index in [1.54, 1.807) is 0 Å². The smallest absolute Gasteiger partial charge is 0.379 e. The fraction of sp³-hybridized carbons (Fsp3) is 1.00. The van der Waals surface area contributed by atoms with Crippen LogP contribution in [0.25, 0.3) is 0 Å². The maximum atomic E-state index is 10.4. The van der Waals surface area contributed by atoms with Crippen LogP contribution in [0, 0.1) is 5.92 Å². The van der Waals surface area contributed by atoms with E-state index in [0.717, 1.165) is 38.3 Å². The molecule has 0 aromatic carbocycles. The van der Waals surface area contributed by atoms with Crippen LogP contribution in [0.2, 0.25) is 0 Å². The lowest BCUT2D eigenvalue weighted by Crippen LogP contribution is -2.34. The molecule has 0 saturated heterocycles. The van der Waals surface area contributed by atoms with Crippen LogP contribution in [0.3, 0.4) is 0 Å². The van der Waals surface area contributed by atoms with Crippen molar-refractivity contribution >= 4 is 7.82 Å². The standard InChI is InChI=1S/C13H29O4P.C10H23NO/c1-13(2)11-9-7-5-3-4-6-8-10-12-17-18(14,15)16;1-4-6-8-11(10(3)12)9-7-5-2/h13H,3-12H2,1-2H3,(H2,14,15,16);10,12H,4-9H2,1-3H3. The van der Waals surface area contributed by atoms with Gasteiger partial charge in [0.1, 0.15) is 6.23 Å². The molecular weight excluding hydrogens is 401 g/mol. The highest BCUT2D eigenvalue weighted by Gasteiger charge is 2.12. The van der Waals surface area contributed by atoms with Gasteiger partial charge in [0.25, 0.3) is 0 Å². The minimum absolute atomic E-state index is 0.165. The lowest BCUT2D eigenvalue weighted by molar-refractivity contribution is 0.0169. The number of aliphatic hydroxyl groups is 1. The van der Waals surface area contributed by atoms with Gasteiger partial charge in [0.2, 0.25) is 0 Å². The molecule has 3 N–H and O–H groups in total. The largest absolute Gasteiger partial charge is 0.469 e. The van der Waals surface area contributed by atoms with E-state index in [9.17, 15) is 9.67 Å². The third-order valence-corrected chi connectivity index (χ3v) is 5.58. The Morgan fingerprint density at radius 1 is 0.767 bits per heavy atom. The monoisotopic (exact) mass is 453 g/mol. The molecule has 6 nitrogen and oxygen atoms in total. The molecule has 0 aromatic heterocycles. The van der Waals surface area contributed by atoms with Crippen molar-refractivity contribution in [1.82, 2.24) is 4.90 Å². The summed E-state index contributed by atoms with van der Waals surface area (Å²) in [5, 5.41) is 9.39. The highest BCUT2D eigenvalue weighted by Crippen LogP contribution is 2.35. The van der Waals surface area contributed by atoms with E-state index >= 15 is 0 Å². The Kier molecular flexibility index (Phi) is 23.9. The molecule has 1 unspecified atom stereocenters. The molecule has 0 aromatic rings. The van der Waals surface area contributed by atoms with Crippen molar-refractivity contribution in [3.63, 3.8) is 0 Å². The molecule has 0 aliphatic rings. The third kappa shape index (κ3) is 28.0. The zero-order chi connectivity index (χ0) is 23.3. The number of rotatable bonds is 19. The summed E-state index contributed by atoms with van der Waals surface area (Å²) >= 11 is 0. The van der Waals surface area contributed by atoms with E-state index in [-0.39, 0.29) is 12.8 Å². The minimum Gasteiger partial charge on any atom is -0.379 e. The van der Waals surface area contributed by atoms with Gasteiger partial charge in [-0.15, -0.1) is 0 Å². The third-order valence-electron chi connectivity index (χ3n) is 5.06. The Bertz CT molecular complexity index is 380. The van der Waals surface area contributed by atoms with Crippen molar-refractivity contribution < 1.29 is 24.0 Å². The van der Waals surface area contributed by atoms with Crippen LogP contribution in [0.1, 0.15) is 118 Å². The normalized spacial score (nSPS) is 12.9. The molecule has 0 aliphatic carbocycles. The number of aliphatic hydroxyl groups excluding tert-OH is 1. The number of hydrogen-bond donors (Lipinski definition) is 3. The van der Waals surface area contributed by atoms with Crippen molar-refractivity contribution in [3.05, 3.63) is 0 Å². The lowest BCUT2D eigenvalue weighted by atomic mass is 10.0. The average molecular weight is 454 g/mol. The van der Waals surface area contributed by atoms with Crippen LogP contribution in [0.4, 0.5) is 0 Å². The average Bonchev–Trinajstić information content (AvgIpc) is 2.65. The molecule has 184 valence electrons. The van der Waals surface area contributed by atoms with Crippen molar-refractivity contribution in [1.29, 1.82) is 0 Å². The van der Waals surface area contributed by atoms with E-state index < -0.39 is 7.82 Å². The first-order chi connectivity index (χ1) is 14.1. The maximum Gasteiger partial charge on any atom is 0.469 e. The SMILES string of the molecule is CC(C)CCCCCCCCCCOP(=O)(O)O.CCCCN(CCCC)C(C)O. The van der Waals surface area contributed by atoms with Gasteiger partial charge in [-0.3, -0.25) is 9.42 Å². The molecule has 1 atom stereocenters. The fourth-order valence-electron chi connectivity index (χ4n) is 3.11. The van der Waals surface area contributed by atoms with Crippen LogP contribution >= 0.6 is 7.82 Å². The highest BCUT2D eigenvalue weighted by atomic mass is 31.2. The Labute approximate surface area is 187 Å². The topological polar surface area (TPSA) is 90.2 Å². The molecule has 0 spiro atoms. The minimum atomic E-state index is -4.25. The number of phosphoric acid groups is 1. The van der Waals surface area contributed by atoms with Crippen molar-refractivity contribution in [2.75, 3.05) is 19.7 Å². The van der Waals surface area contributed by atoms with Crippen LogP contribution in [-0.2, 0) is 9.09 Å². The first-order valence-corrected chi connectivity index (χ1v) is 13.8. The molecule has 0 aliphatic heterocycles. The molecule has 0 fully saturated rings. The molecule has 0 rings (SSSR count). The molecule has 30 heavy (non-hydrogen) atoms. The summed E-state index contributed by atoms with van der Waals surface area (Å²) in [6.07, 6.45) is 15.2. The van der Waals surface area contributed by atoms with Crippen LogP contribution in [0.15, 0.2) is 0 Å². The number of unbranched alkanes of at least 4 members (excludes halogenated alkanes) is 9. The van der Waals surface area contributed by atoms with Crippen LogP contribution < -0.4 is 0 Å². The first-order valence-electron chi connectivity index (χ1n) is 12.3. The highest BCUT2D eigenvalue weighted by molar-refractivity contribution is 7.46. The van der Waals surface area contributed by atoms with Gasteiger partial charge >= 0.3 is 7.82 Å². The van der Waals surface area contributed by atoms with Crippen LogP contribution in [-0.4, -0.2) is 45.7 Å². The van der Waals surface area contributed by atoms with E-state index in [1.807, 2.05) is 6.92 Å². The summed E-state index contributed by atoms with van der Waals surface area (Å²) in [7, 11) is -4.25. The molecule has 0 radical (unpaired) electrons. The maximum absolute atomic E-state index is 10.4. The summed E-state index contributed by atoms with van der Waals surface area (Å²) in [5.41, 5.74) is 0. The Hall–Kier alpha value is 0.0300. The van der Waals surface area contributed by atoms with E-state index in [2.05, 4.69) is 37.1 Å². The Morgan fingerprint density at radius 2 is 1.20 bits per heavy atom. The van der Waals surface area contributed by atoms with Gasteiger partial charge in [-0.1, -0.05) is 91.9 Å². The van der Waals surface area contributed by atoms with Gasteiger partial charge in [-0.05, 0) is 32.1 Å². The van der Waals surface area contributed by atoms with Crippen molar-refractivity contribution in [2.45, 2.75) is 124 Å². The number of phosphoric ester groups is 1. The molecule has 0 heterocycles. The van der Waals surface area contributed by atoms with Gasteiger partial charge in [0.15, 0.2) is 0 Å². The Morgan fingerprint density at radius 3 is 1.57 bits per heavy atom. The first kappa shape index (κ1) is 32.2.